The monoisotopic (exact) mass is 498 g/mol. The highest BCUT2D eigenvalue weighted by Gasteiger charge is 2.46. The summed E-state index contributed by atoms with van der Waals surface area (Å²) in [6, 6.07) is 2.38. The Hall–Kier alpha value is -2.28. The molecule has 3 fully saturated rings. The summed E-state index contributed by atoms with van der Waals surface area (Å²) in [5.41, 5.74) is 1.46. The molecule has 0 amide bonds. The molecule has 1 saturated heterocycles. The Morgan fingerprint density at radius 2 is 1.97 bits per heavy atom. The second-order valence-electron chi connectivity index (χ2n) is 10.1. The van der Waals surface area contributed by atoms with Crippen LogP contribution in [0.25, 0.3) is 0 Å². The maximum atomic E-state index is 12.9. The van der Waals surface area contributed by atoms with Gasteiger partial charge in [0.2, 0.25) is 0 Å². The molecular weight excluding hydrogens is 472 g/mol. The van der Waals surface area contributed by atoms with Crippen molar-refractivity contribution < 1.29 is 9.32 Å². The van der Waals surface area contributed by atoms with Gasteiger partial charge in [-0.2, -0.15) is 5.26 Å². The zero-order chi connectivity index (χ0) is 23.4. The van der Waals surface area contributed by atoms with Gasteiger partial charge in [-0.3, -0.25) is 4.21 Å². The van der Waals surface area contributed by atoms with Crippen molar-refractivity contribution in [3.05, 3.63) is 34.5 Å². The van der Waals surface area contributed by atoms with Gasteiger partial charge in [-0.25, -0.2) is 15.0 Å². The fourth-order valence-electron chi connectivity index (χ4n) is 6.27. The first-order chi connectivity index (χ1) is 16.5. The van der Waals surface area contributed by atoms with E-state index in [-0.39, 0.29) is 12.5 Å². The van der Waals surface area contributed by atoms with E-state index in [1.807, 2.05) is 0 Å². The van der Waals surface area contributed by atoms with Gasteiger partial charge in [0.15, 0.2) is 0 Å². The van der Waals surface area contributed by atoms with Gasteiger partial charge in [-0.05, 0) is 43.9 Å². The van der Waals surface area contributed by atoms with E-state index in [2.05, 4.69) is 26.3 Å². The molecule has 4 heterocycles. The maximum absolute atomic E-state index is 12.9. The highest BCUT2D eigenvalue weighted by atomic mass is 35.5. The number of nitriles is 1. The predicted octanol–water partition coefficient (Wildman–Crippen LogP) is 3.02. The number of aryl methyl sites for hydroxylation is 1. The highest BCUT2D eigenvalue weighted by molar-refractivity contribution is 7.85. The van der Waals surface area contributed by atoms with E-state index in [9.17, 15) is 14.6 Å². The van der Waals surface area contributed by atoms with Gasteiger partial charge >= 0.3 is 0 Å². The van der Waals surface area contributed by atoms with E-state index in [1.54, 1.807) is 12.4 Å². The molecule has 3 atom stereocenters. The zero-order valence-electron chi connectivity index (χ0n) is 18.8. The van der Waals surface area contributed by atoms with Gasteiger partial charge in [0.1, 0.15) is 23.3 Å². The third kappa shape index (κ3) is 3.50. The summed E-state index contributed by atoms with van der Waals surface area (Å²) in [7, 11) is -1.19. The molecule has 2 bridgehead atoms. The number of hydrogen-bond acceptors (Lipinski definition) is 8. The van der Waals surface area contributed by atoms with Crippen LogP contribution in [0.15, 0.2) is 17.3 Å². The SMILES string of the molecule is N#Cc1c(N2CC3CCC(C2)C3c2ncc(Cl)cn2)nc2c(c1NC1(CO)CCC1)[S@](=O)CC2. The molecule has 2 aromatic rings. The van der Waals surface area contributed by atoms with Crippen LogP contribution < -0.4 is 10.2 Å². The van der Waals surface area contributed by atoms with Gasteiger partial charge in [0.25, 0.3) is 0 Å². The first-order valence-electron chi connectivity index (χ1n) is 12.0. The number of hydrogen-bond donors (Lipinski definition) is 2. The zero-order valence-corrected chi connectivity index (χ0v) is 20.4. The van der Waals surface area contributed by atoms with Crippen LogP contribution in [0.1, 0.15) is 55.1 Å². The number of aliphatic hydroxyl groups excluding tert-OH is 1. The molecule has 4 aliphatic rings. The minimum Gasteiger partial charge on any atom is -0.394 e. The van der Waals surface area contributed by atoms with Gasteiger partial charge < -0.3 is 15.3 Å². The first kappa shape index (κ1) is 22.2. The Morgan fingerprint density at radius 1 is 1.26 bits per heavy atom. The molecule has 0 aromatic carbocycles. The van der Waals surface area contributed by atoms with Crippen molar-refractivity contribution in [3.8, 4) is 6.07 Å². The van der Waals surface area contributed by atoms with Crippen molar-refractivity contribution in [1.82, 2.24) is 15.0 Å². The number of aliphatic hydroxyl groups is 1. The normalized spacial score (nSPS) is 28.8. The van der Waals surface area contributed by atoms with Crippen molar-refractivity contribution in [2.24, 2.45) is 11.8 Å². The molecule has 2 aromatic heterocycles. The van der Waals surface area contributed by atoms with E-state index >= 15 is 0 Å². The summed E-state index contributed by atoms with van der Waals surface area (Å²) in [4.78, 5) is 16.9. The van der Waals surface area contributed by atoms with Crippen LogP contribution in [-0.2, 0) is 17.2 Å². The van der Waals surface area contributed by atoms with Crippen LogP contribution in [-0.4, -0.2) is 55.3 Å². The summed E-state index contributed by atoms with van der Waals surface area (Å²) in [5.74, 6) is 3.10. The standard InChI is InChI=1S/C24H27ClN6O2S/c25-16-9-27-22(28-10-16)19-14-2-3-15(19)12-31(11-14)23-17(8-26)20(30-24(13-32)5-1-6-24)21-18(29-23)4-7-34(21)33/h9-10,14-15,19,32H,1-7,11-13H2,(H,29,30)/t14?,15?,19?,34-/m1/s1. The Kier molecular flexibility index (Phi) is 5.51. The summed E-state index contributed by atoms with van der Waals surface area (Å²) in [6.07, 6.45) is 8.86. The molecule has 10 heteroatoms. The summed E-state index contributed by atoms with van der Waals surface area (Å²) in [5, 5.41) is 24.3. The average Bonchev–Trinajstić information content (AvgIpc) is 3.32. The smallest absolute Gasteiger partial charge is 0.149 e. The van der Waals surface area contributed by atoms with Crippen LogP contribution in [0.3, 0.4) is 0 Å². The number of piperidine rings is 1. The number of anilines is 2. The Morgan fingerprint density at radius 3 is 2.56 bits per heavy atom. The molecule has 0 radical (unpaired) electrons. The van der Waals surface area contributed by atoms with Crippen molar-refractivity contribution in [3.63, 3.8) is 0 Å². The fourth-order valence-corrected chi connectivity index (χ4v) is 7.74. The number of pyridine rings is 1. The van der Waals surface area contributed by atoms with Crippen molar-refractivity contribution >= 4 is 33.9 Å². The lowest BCUT2D eigenvalue weighted by molar-refractivity contribution is 0.144. The van der Waals surface area contributed by atoms with Crippen LogP contribution in [0.5, 0.6) is 0 Å². The largest absolute Gasteiger partial charge is 0.394 e. The summed E-state index contributed by atoms with van der Waals surface area (Å²) in [6.45, 7) is 1.55. The van der Waals surface area contributed by atoms with E-state index in [0.717, 1.165) is 56.7 Å². The van der Waals surface area contributed by atoms with E-state index in [4.69, 9.17) is 16.6 Å². The Balaban J connectivity index is 1.37. The molecule has 8 nitrogen and oxygen atoms in total. The Labute approximate surface area is 206 Å². The van der Waals surface area contributed by atoms with Gasteiger partial charge in [0.05, 0.1) is 44.2 Å². The molecule has 2 unspecified atom stereocenters. The van der Waals surface area contributed by atoms with E-state index in [0.29, 0.717) is 51.0 Å². The number of halogens is 1. The van der Waals surface area contributed by atoms with Crippen LogP contribution >= 0.6 is 11.6 Å². The van der Waals surface area contributed by atoms with Gasteiger partial charge in [-0.1, -0.05) is 11.6 Å². The molecule has 2 N–H and O–H groups in total. The second-order valence-corrected chi connectivity index (χ2v) is 12.0. The highest BCUT2D eigenvalue weighted by Crippen LogP contribution is 2.49. The van der Waals surface area contributed by atoms with E-state index in [1.165, 1.54) is 0 Å². The van der Waals surface area contributed by atoms with Crippen LogP contribution in [0.2, 0.25) is 5.02 Å². The summed E-state index contributed by atoms with van der Waals surface area (Å²) < 4.78 is 12.9. The quantitative estimate of drug-likeness (QED) is 0.646. The number of nitrogens with one attached hydrogen (secondary N) is 1. The molecule has 2 aliphatic carbocycles. The van der Waals surface area contributed by atoms with E-state index < -0.39 is 16.3 Å². The molecule has 178 valence electrons. The molecule has 6 rings (SSSR count). The molecular formula is C24H27ClN6O2S. The average molecular weight is 499 g/mol. The molecule has 2 saturated carbocycles. The topological polar surface area (TPSA) is 115 Å². The van der Waals surface area contributed by atoms with Gasteiger partial charge in [-0.15, -0.1) is 0 Å². The lowest BCUT2D eigenvalue weighted by Gasteiger charge is -2.43. The van der Waals surface area contributed by atoms with Crippen LogP contribution in [0.4, 0.5) is 11.5 Å². The predicted molar refractivity (Wildman–Crippen MR) is 129 cm³/mol. The van der Waals surface area contributed by atoms with Gasteiger partial charge in [0, 0.05) is 43.6 Å². The molecule has 0 spiro atoms. The van der Waals surface area contributed by atoms with Crippen molar-refractivity contribution in [2.45, 2.75) is 54.9 Å². The molecule has 34 heavy (non-hydrogen) atoms. The molecule has 2 aliphatic heterocycles. The van der Waals surface area contributed by atoms with Crippen LogP contribution in [0, 0.1) is 23.2 Å². The van der Waals surface area contributed by atoms with Crippen molar-refractivity contribution in [2.75, 3.05) is 35.7 Å². The third-order valence-corrected chi connectivity index (χ3v) is 9.81. The second kappa shape index (κ2) is 8.43. The maximum Gasteiger partial charge on any atom is 0.149 e. The number of rotatable bonds is 5. The fraction of sp³-hybridized carbons (Fsp3) is 0.583. The minimum absolute atomic E-state index is 0.00638. The lowest BCUT2D eigenvalue weighted by atomic mass is 9.77. The third-order valence-electron chi connectivity index (χ3n) is 8.14. The lowest BCUT2D eigenvalue weighted by Crippen LogP contribution is -2.49. The summed E-state index contributed by atoms with van der Waals surface area (Å²) >= 11 is 6.00. The number of fused-ring (bicyclic) bond motifs is 3. The van der Waals surface area contributed by atoms with Crippen molar-refractivity contribution in [1.29, 1.82) is 5.26 Å². The minimum atomic E-state index is -1.19. The first-order valence-corrected chi connectivity index (χ1v) is 13.7. The number of nitrogens with zero attached hydrogens (tertiary/aromatic N) is 5. The number of aromatic nitrogens is 3. The Bertz CT molecular complexity index is 1180.